The average molecular weight is 401 g/mol. The minimum atomic E-state index is -0.0941. The maximum atomic E-state index is 5.56. The summed E-state index contributed by atoms with van der Waals surface area (Å²) in [5.74, 6) is 1.75. The molecule has 5 nitrogen and oxygen atoms in total. The molecule has 2 aromatic carbocycles. The Morgan fingerprint density at radius 3 is 2.33 bits per heavy atom. The molecule has 0 saturated heterocycles. The highest BCUT2D eigenvalue weighted by atomic mass is 16.5. The van der Waals surface area contributed by atoms with Gasteiger partial charge in [0.2, 0.25) is 0 Å². The van der Waals surface area contributed by atoms with Gasteiger partial charge in [-0.1, -0.05) is 51.1 Å². The molecule has 0 aliphatic carbocycles. The quantitative estimate of drug-likeness (QED) is 0.437. The number of aromatic nitrogens is 3. The second-order valence-corrected chi connectivity index (χ2v) is 8.42. The Morgan fingerprint density at radius 1 is 1.00 bits per heavy atom. The van der Waals surface area contributed by atoms with Crippen LogP contribution in [0.5, 0.6) is 5.75 Å². The highest BCUT2D eigenvalue weighted by Gasteiger charge is 2.22. The largest absolute Gasteiger partial charge is 0.494 e. The SMILES string of the molecule is CCOc1ccc(Nc2cc(C(C)(C)C)nc3c(-c4ccccc4)c(C)nn23)cc1. The van der Waals surface area contributed by atoms with Crippen molar-refractivity contribution in [3.8, 4) is 16.9 Å². The van der Waals surface area contributed by atoms with E-state index in [2.05, 4.69) is 44.3 Å². The van der Waals surface area contributed by atoms with Crippen LogP contribution in [-0.4, -0.2) is 21.2 Å². The van der Waals surface area contributed by atoms with Crippen LogP contribution >= 0.6 is 0 Å². The Hall–Kier alpha value is -3.34. The van der Waals surface area contributed by atoms with Crippen molar-refractivity contribution in [1.82, 2.24) is 14.6 Å². The summed E-state index contributed by atoms with van der Waals surface area (Å²) in [6.07, 6.45) is 0. The summed E-state index contributed by atoms with van der Waals surface area (Å²) in [6, 6.07) is 20.4. The number of nitrogens with one attached hydrogen (secondary N) is 1. The van der Waals surface area contributed by atoms with E-state index in [0.717, 1.165) is 45.4 Å². The number of ether oxygens (including phenoxy) is 1. The summed E-state index contributed by atoms with van der Waals surface area (Å²) < 4.78 is 7.46. The van der Waals surface area contributed by atoms with Crippen LogP contribution in [0.15, 0.2) is 60.7 Å². The van der Waals surface area contributed by atoms with Crippen molar-refractivity contribution < 1.29 is 4.74 Å². The lowest BCUT2D eigenvalue weighted by molar-refractivity contribution is 0.340. The van der Waals surface area contributed by atoms with E-state index >= 15 is 0 Å². The average Bonchev–Trinajstić information content (AvgIpc) is 3.06. The first-order chi connectivity index (χ1) is 14.4. The number of fused-ring (bicyclic) bond motifs is 1. The third kappa shape index (κ3) is 3.88. The van der Waals surface area contributed by atoms with Crippen LogP contribution in [0, 0.1) is 6.92 Å². The molecule has 0 atom stereocenters. The molecule has 2 heterocycles. The standard InChI is InChI=1S/C25H28N4O/c1-6-30-20-14-12-19(13-15-20)26-22-16-21(25(3,4)5)27-24-23(17(2)28-29(22)24)18-10-8-7-9-11-18/h7-16,26H,6H2,1-5H3. The van der Waals surface area contributed by atoms with Crippen molar-refractivity contribution in [2.24, 2.45) is 0 Å². The van der Waals surface area contributed by atoms with Crippen molar-refractivity contribution in [1.29, 1.82) is 0 Å². The normalized spacial score (nSPS) is 11.6. The Bertz CT molecular complexity index is 1160. The summed E-state index contributed by atoms with van der Waals surface area (Å²) in [5, 5.41) is 8.35. The van der Waals surface area contributed by atoms with Crippen LogP contribution in [0.3, 0.4) is 0 Å². The van der Waals surface area contributed by atoms with Gasteiger partial charge in [-0.05, 0) is 43.7 Å². The molecule has 0 aliphatic rings. The third-order valence-corrected chi connectivity index (χ3v) is 5.03. The van der Waals surface area contributed by atoms with E-state index in [1.807, 2.05) is 60.8 Å². The van der Waals surface area contributed by atoms with E-state index in [1.165, 1.54) is 0 Å². The topological polar surface area (TPSA) is 51.5 Å². The third-order valence-electron chi connectivity index (χ3n) is 5.03. The monoisotopic (exact) mass is 400 g/mol. The molecule has 154 valence electrons. The molecule has 0 aliphatic heterocycles. The first-order valence-electron chi connectivity index (χ1n) is 10.3. The van der Waals surface area contributed by atoms with E-state index in [0.29, 0.717) is 6.61 Å². The van der Waals surface area contributed by atoms with Gasteiger partial charge in [0.1, 0.15) is 11.6 Å². The summed E-state index contributed by atoms with van der Waals surface area (Å²) >= 11 is 0. The molecule has 30 heavy (non-hydrogen) atoms. The minimum absolute atomic E-state index is 0.0941. The van der Waals surface area contributed by atoms with E-state index in [1.54, 1.807) is 0 Å². The molecule has 0 fully saturated rings. The molecule has 5 heteroatoms. The molecular formula is C25H28N4O. The Labute approximate surface area is 177 Å². The predicted octanol–water partition coefficient (Wildman–Crippen LogP) is 6.14. The first kappa shape index (κ1) is 20.0. The Kier molecular flexibility index (Phi) is 5.20. The van der Waals surface area contributed by atoms with Crippen molar-refractivity contribution in [2.75, 3.05) is 11.9 Å². The molecule has 0 amide bonds. The fraction of sp³-hybridized carbons (Fsp3) is 0.280. The molecule has 0 unspecified atom stereocenters. The second kappa shape index (κ2) is 7.82. The number of anilines is 2. The molecule has 0 radical (unpaired) electrons. The lowest BCUT2D eigenvalue weighted by Crippen LogP contribution is -2.16. The molecule has 1 N–H and O–H groups in total. The van der Waals surface area contributed by atoms with Crippen molar-refractivity contribution in [3.63, 3.8) is 0 Å². The van der Waals surface area contributed by atoms with Crippen LogP contribution in [0.2, 0.25) is 0 Å². The van der Waals surface area contributed by atoms with Crippen LogP contribution < -0.4 is 10.1 Å². The molecular weight excluding hydrogens is 372 g/mol. The zero-order chi connectivity index (χ0) is 21.3. The van der Waals surface area contributed by atoms with Gasteiger partial charge in [-0.2, -0.15) is 9.61 Å². The number of hydrogen-bond donors (Lipinski definition) is 1. The van der Waals surface area contributed by atoms with Gasteiger partial charge >= 0.3 is 0 Å². The maximum absolute atomic E-state index is 5.56. The number of rotatable bonds is 5. The van der Waals surface area contributed by atoms with E-state index in [9.17, 15) is 0 Å². The van der Waals surface area contributed by atoms with Gasteiger partial charge < -0.3 is 10.1 Å². The van der Waals surface area contributed by atoms with Gasteiger partial charge in [-0.25, -0.2) is 4.98 Å². The van der Waals surface area contributed by atoms with Crippen molar-refractivity contribution in [3.05, 3.63) is 72.1 Å². The summed E-state index contributed by atoms with van der Waals surface area (Å²) in [7, 11) is 0. The van der Waals surface area contributed by atoms with E-state index in [-0.39, 0.29) is 5.41 Å². The number of aryl methyl sites for hydroxylation is 1. The minimum Gasteiger partial charge on any atom is -0.494 e. The maximum Gasteiger partial charge on any atom is 0.165 e. The van der Waals surface area contributed by atoms with Crippen LogP contribution in [0.4, 0.5) is 11.5 Å². The van der Waals surface area contributed by atoms with Crippen molar-refractivity contribution >= 4 is 17.2 Å². The zero-order valence-electron chi connectivity index (χ0n) is 18.2. The zero-order valence-corrected chi connectivity index (χ0v) is 18.2. The lowest BCUT2D eigenvalue weighted by Gasteiger charge is -2.20. The predicted molar refractivity (Wildman–Crippen MR) is 123 cm³/mol. The van der Waals surface area contributed by atoms with Gasteiger partial charge in [0.05, 0.1) is 18.0 Å². The number of benzene rings is 2. The molecule has 4 aromatic rings. The van der Waals surface area contributed by atoms with Gasteiger partial charge in [0, 0.05) is 22.7 Å². The smallest absolute Gasteiger partial charge is 0.165 e. The molecule has 0 spiro atoms. The van der Waals surface area contributed by atoms with Gasteiger partial charge in [0.15, 0.2) is 5.65 Å². The van der Waals surface area contributed by atoms with Gasteiger partial charge in [0.25, 0.3) is 0 Å². The number of hydrogen-bond acceptors (Lipinski definition) is 4. The lowest BCUT2D eigenvalue weighted by atomic mass is 9.92. The Balaban J connectivity index is 1.86. The molecule has 4 rings (SSSR count). The first-order valence-corrected chi connectivity index (χ1v) is 10.3. The molecule has 0 bridgehead atoms. The second-order valence-electron chi connectivity index (χ2n) is 8.42. The fourth-order valence-corrected chi connectivity index (χ4v) is 3.49. The van der Waals surface area contributed by atoms with E-state index < -0.39 is 0 Å². The highest BCUT2D eigenvalue weighted by Crippen LogP contribution is 2.33. The van der Waals surface area contributed by atoms with Gasteiger partial charge in [-0.3, -0.25) is 0 Å². The van der Waals surface area contributed by atoms with Crippen molar-refractivity contribution in [2.45, 2.75) is 40.0 Å². The summed E-state index contributed by atoms with van der Waals surface area (Å²) in [6.45, 7) is 11.2. The fourth-order valence-electron chi connectivity index (χ4n) is 3.49. The number of nitrogens with zero attached hydrogens (tertiary/aromatic N) is 3. The molecule has 0 saturated carbocycles. The van der Waals surface area contributed by atoms with Crippen LogP contribution in [-0.2, 0) is 5.41 Å². The highest BCUT2D eigenvalue weighted by molar-refractivity contribution is 5.81. The van der Waals surface area contributed by atoms with Crippen LogP contribution in [0.25, 0.3) is 16.8 Å². The summed E-state index contributed by atoms with van der Waals surface area (Å²) in [4.78, 5) is 5.02. The summed E-state index contributed by atoms with van der Waals surface area (Å²) in [5.41, 5.74) is 5.89. The van der Waals surface area contributed by atoms with Gasteiger partial charge in [-0.15, -0.1) is 0 Å². The van der Waals surface area contributed by atoms with Crippen LogP contribution in [0.1, 0.15) is 39.1 Å². The Morgan fingerprint density at radius 2 is 1.70 bits per heavy atom. The van der Waals surface area contributed by atoms with E-state index in [4.69, 9.17) is 14.8 Å². The molecule has 2 aromatic heterocycles.